The minimum absolute atomic E-state index is 0.314. The second-order valence-electron chi connectivity index (χ2n) is 4.85. The lowest BCUT2D eigenvalue weighted by Crippen LogP contribution is -2.26. The van der Waals surface area contributed by atoms with Crippen molar-refractivity contribution in [1.82, 2.24) is 5.32 Å². The number of hydrogen-bond acceptors (Lipinski definition) is 3. The van der Waals surface area contributed by atoms with E-state index in [1.807, 2.05) is 36.4 Å². The number of ether oxygens (including phenoxy) is 1. The van der Waals surface area contributed by atoms with Gasteiger partial charge in [-0.15, -0.1) is 0 Å². The van der Waals surface area contributed by atoms with E-state index in [2.05, 4.69) is 5.32 Å². The van der Waals surface area contributed by atoms with Gasteiger partial charge in [0.2, 0.25) is 0 Å². The van der Waals surface area contributed by atoms with Crippen LogP contribution in [0.4, 0.5) is 0 Å². The molecule has 20 heavy (non-hydrogen) atoms. The molecule has 0 aliphatic rings. The number of nitrogens with one attached hydrogen (secondary N) is 1. The highest BCUT2D eigenvalue weighted by Crippen LogP contribution is 2.32. The van der Waals surface area contributed by atoms with Gasteiger partial charge < -0.3 is 15.2 Å². The molecule has 0 saturated heterocycles. The maximum atomic E-state index is 9.11. The van der Waals surface area contributed by atoms with Gasteiger partial charge in [0.05, 0.1) is 17.7 Å². The van der Waals surface area contributed by atoms with Crippen molar-refractivity contribution in [3.63, 3.8) is 0 Å². The summed E-state index contributed by atoms with van der Waals surface area (Å²) >= 11 is 6.35. The van der Waals surface area contributed by atoms with Crippen LogP contribution in [0.15, 0.2) is 36.4 Å². The number of halogens is 1. The predicted octanol–water partition coefficient (Wildman–Crippen LogP) is 3.23. The molecule has 0 heterocycles. The Morgan fingerprint density at radius 2 is 2.05 bits per heavy atom. The molecule has 0 amide bonds. The molecule has 0 fully saturated rings. The smallest absolute Gasteiger partial charge is 0.138 e. The minimum atomic E-state index is -0.314. The Kier molecular flexibility index (Phi) is 5.65. The lowest BCUT2D eigenvalue weighted by Gasteiger charge is -2.11. The molecule has 2 aromatic rings. The van der Waals surface area contributed by atoms with Gasteiger partial charge >= 0.3 is 0 Å². The average molecular weight is 294 g/mol. The van der Waals surface area contributed by atoms with E-state index in [4.69, 9.17) is 21.4 Å². The Bertz CT molecular complexity index is 557. The first kappa shape index (κ1) is 15.1. The van der Waals surface area contributed by atoms with Crippen molar-refractivity contribution in [3.8, 4) is 5.75 Å². The quantitative estimate of drug-likeness (QED) is 0.770. The van der Waals surface area contributed by atoms with Crippen LogP contribution in [0.5, 0.6) is 5.75 Å². The summed E-state index contributed by atoms with van der Waals surface area (Å²) in [6.45, 7) is 3.79. The minimum Gasteiger partial charge on any atom is -0.492 e. The molecule has 0 spiro atoms. The zero-order valence-electron chi connectivity index (χ0n) is 11.6. The van der Waals surface area contributed by atoms with Gasteiger partial charge in [0.15, 0.2) is 0 Å². The fourth-order valence-corrected chi connectivity index (χ4v) is 2.30. The van der Waals surface area contributed by atoms with Gasteiger partial charge in [0.1, 0.15) is 5.75 Å². The fraction of sp³-hybridized carbons (Fsp3) is 0.375. The topological polar surface area (TPSA) is 41.5 Å². The van der Waals surface area contributed by atoms with Crippen LogP contribution < -0.4 is 10.1 Å². The van der Waals surface area contributed by atoms with E-state index in [-0.39, 0.29) is 6.10 Å². The number of aliphatic hydroxyl groups is 1. The van der Waals surface area contributed by atoms with E-state index in [0.29, 0.717) is 18.2 Å². The van der Waals surface area contributed by atoms with Crippen molar-refractivity contribution in [2.24, 2.45) is 0 Å². The number of fused-ring (bicyclic) bond motifs is 1. The Morgan fingerprint density at radius 3 is 2.85 bits per heavy atom. The second kappa shape index (κ2) is 7.48. The van der Waals surface area contributed by atoms with Crippen LogP contribution in [0.1, 0.15) is 13.3 Å². The standard InChI is InChI=1S/C16H20ClNO2/c1-12(19)11-18-9-4-10-20-15-8-7-13-5-2-3-6-14(13)16(15)17/h2-3,5-8,12,18-19H,4,9-11H2,1H3/t12-/m0/s1. The zero-order valence-corrected chi connectivity index (χ0v) is 12.4. The molecule has 2 N–H and O–H groups in total. The average Bonchev–Trinajstić information content (AvgIpc) is 2.45. The molecule has 3 nitrogen and oxygen atoms in total. The lowest BCUT2D eigenvalue weighted by atomic mass is 10.1. The van der Waals surface area contributed by atoms with E-state index in [9.17, 15) is 0 Å². The van der Waals surface area contributed by atoms with Crippen molar-refractivity contribution in [1.29, 1.82) is 0 Å². The van der Waals surface area contributed by atoms with Crippen LogP contribution in [0.2, 0.25) is 5.02 Å². The third kappa shape index (κ3) is 4.10. The highest BCUT2D eigenvalue weighted by molar-refractivity contribution is 6.37. The van der Waals surface area contributed by atoms with E-state index in [0.717, 1.165) is 29.5 Å². The van der Waals surface area contributed by atoms with Gasteiger partial charge in [0, 0.05) is 11.9 Å². The molecular formula is C16H20ClNO2. The molecule has 0 aliphatic carbocycles. The van der Waals surface area contributed by atoms with Gasteiger partial charge in [-0.1, -0.05) is 41.9 Å². The maximum absolute atomic E-state index is 9.11. The van der Waals surface area contributed by atoms with Gasteiger partial charge in [-0.25, -0.2) is 0 Å². The number of aliphatic hydroxyl groups excluding tert-OH is 1. The van der Waals surface area contributed by atoms with E-state index in [1.165, 1.54) is 0 Å². The molecule has 0 saturated carbocycles. The molecular weight excluding hydrogens is 274 g/mol. The first-order valence-electron chi connectivity index (χ1n) is 6.87. The van der Waals surface area contributed by atoms with E-state index < -0.39 is 0 Å². The molecule has 2 rings (SSSR count). The molecule has 0 unspecified atom stereocenters. The van der Waals surface area contributed by atoms with Crippen molar-refractivity contribution >= 4 is 22.4 Å². The Labute approximate surface area is 124 Å². The zero-order chi connectivity index (χ0) is 14.4. The van der Waals surface area contributed by atoms with Crippen molar-refractivity contribution in [3.05, 3.63) is 41.4 Å². The summed E-state index contributed by atoms with van der Waals surface area (Å²) in [6, 6.07) is 11.9. The Morgan fingerprint density at radius 1 is 1.25 bits per heavy atom. The van der Waals surface area contributed by atoms with Crippen LogP contribution >= 0.6 is 11.6 Å². The third-order valence-electron chi connectivity index (χ3n) is 3.02. The summed E-state index contributed by atoms with van der Waals surface area (Å²) in [5, 5.41) is 15.1. The SMILES string of the molecule is C[C@H](O)CNCCCOc1ccc2ccccc2c1Cl. The lowest BCUT2D eigenvalue weighted by molar-refractivity contribution is 0.190. The van der Waals surface area contributed by atoms with Gasteiger partial charge in [-0.2, -0.15) is 0 Å². The molecule has 0 radical (unpaired) electrons. The van der Waals surface area contributed by atoms with Crippen LogP contribution in [-0.4, -0.2) is 30.9 Å². The second-order valence-corrected chi connectivity index (χ2v) is 5.23. The van der Waals surface area contributed by atoms with Crippen molar-refractivity contribution < 1.29 is 9.84 Å². The molecule has 108 valence electrons. The summed E-state index contributed by atoms with van der Waals surface area (Å²) < 4.78 is 5.72. The molecule has 4 heteroatoms. The third-order valence-corrected chi connectivity index (χ3v) is 3.41. The fourth-order valence-electron chi connectivity index (χ4n) is 2.02. The molecule has 0 bridgehead atoms. The highest BCUT2D eigenvalue weighted by Gasteiger charge is 2.05. The first-order chi connectivity index (χ1) is 9.68. The largest absolute Gasteiger partial charge is 0.492 e. The maximum Gasteiger partial charge on any atom is 0.138 e. The van der Waals surface area contributed by atoms with E-state index in [1.54, 1.807) is 6.92 Å². The van der Waals surface area contributed by atoms with Crippen LogP contribution in [0.3, 0.4) is 0 Å². The van der Waals surface area contributed by atoms with Gasteiger partial charge in [-0.05, 0) is 31.3 Å². The molecule has 0 aliphatic heterocycles. The highest BCUT2D eigenvalue weighted by atomic mass is 35.5. The summed E-state index contributed by atoms with van der Waals surface area (Å²) in [5.74, 6) is 0.723. The summed E-state index contributed by atoms with van der Waals surface area (Å²) in [6.07, 6.45) is 0.557. The number of rotatable bonds is 7. The number of benzene rings is 2. The Balaban J connectivity index is 1.86. The van der Waals surface area contributed by atoms with Crippen LogP contribution in [0.25, 0.3) is 10.8 Å². The van der Waals surface area contributed by atoms with Gasteiger partial charge in [-0.3, -0.25) is 0 Å². The molecule has 0 aromatic heterocycles. The van der Waals surface area contributed by atoms with Crippen LogP contribution in [-0.2, 0) is 0 Å². The van der Waals surface area contributed by atoms with E-state index >= 15 is 0 Å². The number of hydrogen-bond donors (Lipinski definition) is 2. The normalized spacial score (nSPS) is 12.6. The summed E-state index contributed by atoms with van der Waals surface area (Å²) in [4.78, 5) is 0. The van der Waals surface area contributed by atoms with Gasteiger partial charge in [0.25, 0.3) is 0 Å². The first-order valence-corrected chi connectivity index (χ1v) is 7.25. The Hall–Kier alpha value is -1.29. The predicted molar refractivity (Wildman–Crippen MR) is 83.6 cm³/mol. The van der Waals surface area contributed by atoms with Crippen molar-refractivity contribution in [2.75, 3.05) is 19.7 Å². The summed E-state index contributed by atoms with van der Waals surface area (Å²) in [5.41, 5.74) is 0. The summed E-state index contributed by atoms with van der Waals surface area (Å²) in [7, 11) is 0. The molecule has 2 aromatic carbocycles. The molecule has 1 atom stereocenters. The monoisotopic (exact) mass is 293 g/mol. The van der Waals surface area contributed by atoms with Crippen molar-refractivity contribution in [2.45, 2.75) is 19.4 Å². The van der Waals surface area contributed by atoms with Crippen LogP contribution in [0, 0.1) is 0 Å².